The molecule has 4 rings (SSSR count). The van der Waals surface area contributed by atoms with Gasteiger partial charge in [0.25, 0.3) is 13.4 Å². The van der Waals surface area contributed by atoms with Crippen LogP contribution in [0, 0.1) is 0 Å². The zero-order valence-electron chi connectivity index (χ0n) is 23.2. The van der Waals surface area contributed by atoms with E-state index in [1.807, 2.05) is 0 Å². The van der Waals surface area contributed by atoms with Crippen molar-refractivity contribution in [3.05, 3.63) is 6.33 Å². The molecule has 228 valence electrons. The van der Waals surface area contributed by atoms with Gasteiger partial charge in [-0.25, -0.2) is 18.9 Å². The summed E-state index contributed by atoms with van der Waals surface area (Å²) in [6.45, 7) is 4.24. The molecule has 41 heavy (non-hydrogen) atoms. The minimum atomic E-state index is -3.88. The van der Waals surface area contributed by atoms with Crippen LogP contribution >= 0.6 is 7.52 Å². The predicted molar refractivity (Wildman–Crippen MR) is 141 cm³/mol. The van der Waals surface area contributed by atoms with Crippen molar-refractivity contribution in [3.8, 4) is 5.88 Å². The third-order valence-electron chi connectivity index (χ3n) is 6.93. The normalized spacial score (nSPS) is 29.1. The molecule has 1 aliphatic carbocycles. The Morgan fingerprint density at radius 3 is 2.73 bits per heavy atom. The Kier molecular flexibility index (Phi) is 9.29. The lowest BCUT2D eigenvalue weighted by Gasteiger charge is -2.27. The number of carbonyl (C=O) groups excluding carboxylic acids is 2. The molecule has 2 fully saturated rings. The maximum atomic E-state index is 15.9. The molecule has 0 radical (unpaired) electrons. The first-order chi connectivity index (χ1) is 19.3. The first-order valence-electron chi connectivity index (χ1n) is 13.3. The number of fused-ring (bicyclic) bond motifs is 1. The van der Waals surface area contributed by atoms with E-state index in [-0.39, 0.29) is 35.7 Å². The highest BCUT2D eigenvalue weighted by Gasteiger charge is 2.65. The zero-order chi connectivity index (χ0) is 30.0. The topological polar surface area (TPSA) is 176 Å². The van der Waals surface area contributed by atoms with E-state index in [2.05, 4.69) is 25.4 Å². The number of imidazole rings is 1. The highest BCUT2D eigenvalue weighted by Crippen LogP contribution is 2.50. The van der Waals surface area contributed by atoms with Gasteiger partial charge in [0.05, 0.1) is 12.9 Å². The molecule has 6 atom stereocenters. The first kappa shape index (κ1) is 31.2. The number of aromatic nitrogens is 4. The molecular weight excluding hydrogens is 569 g/mol. The average molecular weight is 605 g/mol. The maximum Gasteiger partial charge on any atom is 0.323 e. The molecule has 1 amide bonds. The number of amides is 1. The van der Waals surface area contributed by atoms with Crippen molar-refractivity contribution >= 4 is 37.0 Å². The van der Waals surface area contributed by atoms with Gasteiger partial charge in [0.1, 0.15) is 24.4 Å². The average Bonchev–Trinajstić information content (AvgIpc) is 3.41. The van der Waals surface area contributed by atoms with Crippen molar-refractivity contribution in [3.63, 3.8) is 0 Å². The Bertz CT molecular complexity index is 1310. The molecule has 3 heterocycles. The van der Waals surface area contributed by atoms with Crippen molar-refractivity contribution in [1.29, 1.82) is 0 Å². The first-order valence-corrected chi connectivity index (χ1v) is 15.4. The fourth-order valence-corrected chi connectivity index (χ4v) is 6.20. The summed E-state index contributed by atoms with van der Waals surface area (Å²) in [6, 6.07) is -1.05. The molecule has 14 nitrogen and oxygen atoms in total. The Morgan fingerprint density at radius 2 is 2.07 bits per heavy atom. The van der Waals surface area contributed by atoms with Gasteiger partial charge in [-0.05, 0) is 46.5 Å². The number of halogens is 2. The minimum absolute atomic E-state index is 0.0148. The number of nitrogens with one attached hydrogen (secondary N) is 2. The van der Waals surface area contributed by atoms with Gasteiger partial charge in [0, 0.05) is 6.66 Å². The Morgan fingerprint density at radius 1 is 1.37 bits per heavy atom. The van der Waals surface area contributed by atoms with Crippen LogP contribution in [-0.4, -0.2) is 86.7 Å². The number of alkyl halides is 2. The van der Waals surface area contributed by atoms with Gasteiger partial charge in [0.2, 0.25) is 18.2 Å². The van der Waals surface area contributed by atoms with Crippen molar-refractivity contribution in [1.82, 2.24) is 24.6 Å². The molecule has 2 aromatic heterocycles. The summed E-state index contributed by atoms with van der Waals surface area (Å²) in [4.78, 5) is 35.7. The van der Waals surface area contributed by atoms with Gasteiger partial charge in [-0.2, -0.15) is 9.97 Å². The SMILES string of the molecule is CCOc1nc(NC=O)nc2c1ncn2[C@@H]1O[C@](F)(COP(C)(=O)N[C@@H](C)C(=O)OC2CCCCC2)[C@@H](F)[C@@]1(C)O. The lowest BCUT2D eigenvalue weighted by molar-refractivity contribution is -0.191. The summed E-state index contributed by atoms with van der Waals surface area (Å²) in [7, 11) is -3.88. The van der Waals surface area contributed by atoms with Crippen molar-refractivity contribution in [2.45, 2.75) is 88.9 Å². The van der Waals surface area contributed by atoms with Crippen LogP contribution in [0.3, 0.4) is 0 Å². The van der Waals surface area contributed by atoms with E-state index in [0.29, 0.717) is 6.41 Å². The Balaban J connectivity index is 1.49. The van der Waals surface area contributed by atoms with Crippen LogP contribution in [0.25, 0.3) is 11.2 Å². The number of ether oxygens (including phenoxy) is 3. The maximum absolute atomic E-state index is 15.9. The number of nitrogens with zero attached hydrogens (tertiary/aromatic N) is 4. The highest BCUT2D eigenvalue weighted by atomic mass is 31.2. The summed E-state index contributed by atoms with van der Waals surface area (Å²) < 4.78 is 66.9. The lowest BCUT2D eigenvalue weighted by Crippen LogP contribution is -2.46. The van der Waals surface area contributed by atoms with E-state index in [1.165, 1.54) is 6.92 Å². The summed E-state index contributed by atoms with van der Waals surface area (Å²) in [5, 5.41) is 15.8. The molecule has 2 aliphatic rings. The molecule has 1 saturated carbocycles. The Labute approximate surface area is 235 Å². The zero-order valence-corrected chi connectivity index (χ0v) is 24.1. The molecule has 2 aromatic rings. The summed E-state index contributed by atoms with van der Waals surface area (Å²) >= 11 is 0. The number of hydrogen-bond donors (Lipinski definition) is 3. The van der Waals surface area contributed by atoms with Crippen molar-refractivity contribution in [2.75, 3.05) is 25.2 Å². The van der Waals surface area contributed by atoms with Gasteiger partial charge in [-0.3, -0.25) is 24.0 Å². The van der Waals surface area contributed by atoms with Crippen LogP contribution in [0.2, 0.25) is 0 Å². The monoisotopic (exact) mass is 604 g/mol. The molecular formula is C24H35F2N6O8P. The lowest BCUT2D eigenvalue weighted by atomic mass is 9.97. The van der Waals surface area contributed by atoms with E-state index in [1.54, 1.807) is 6.92 Å². The van der Waals surface area contributed by atoms with Gasteiger partial charge >= 0.3 is 5.97 Å². The summed E-state index contributed by atoms with van der Waals surface area (Å²) in [5.74, 6) is -4.09. The van der Waals surface area contributed by atoms with Crippen LogP contribution in [-0.2, 0) is 28.2 Å². The van der Waals surface area contributed by atoms with Gasteiger partial charge in [-0.15, -0.1) is 0 Å². The molecule has 1 saturated heterocycles. The smallest absolute Gasteiger partial charge is 0.323 e. The van der Waals surface area contributed by atoms with E-state index in [9.17, 15) is 19.3 Å². The van der Waals surface area contributed by atoms with Gasteiger partial charge < -0.3 is 23.8 Å². The van der Waals surface area contributed by atoms with Crippen LogP contribution in [0.15, 0.2) is 6.33 Å². The quantitative estimate of drug-likeness (QED) is 0.184. The number of rotatable bonds is 12. The summed E-state index contributed by atoms with van der Waals surface area (Å²) in [5.41, 5.74) is -2.45. The number of hydrogen-bond acceptors (Lipinski definition) is 11. The number of esters is 1. The number of carbonyl (C=O) groups is 2. The highest BCUT2D eigenvalue weighted by molar-refractivity contribution is 7.56. The minimum Gasteiger partial charge on any atom is -0.476 e. The molecule has 1 aliphatic heterocycles. The third kappa shape index (κ3) is 6.67. The van der Waals surface area contributed by atoms with Crippen LogP contribution in [0.1, 0.15) is 59.1 Å². The van der Waals surface area contributed by atoms with Gasteiger partial charge in [-0.1, -0.05) is 6.42 Å². The number of anilines is 1. The van der Waals surface area contributed by atoms with Crippen LogP contribution in [0.4, 0.5) is 14.7 Å². The van der Waals surface area contributed by atoms with Crippen LogP contribution < -0.4 is 15.1 Å². The molecule has 0 spiro atoms. The second-order valence-corrected chi connectivity index (χ2v) is 12.6. The standard InChI is InChI=1S/C24H35F2N6O8P/c1-5-37-18-16-17(29-22(30-18)28-13-33)32(12-27-16)21-23(3,35)20(25)24(26,40-21)11-38-41(4,36)31-14(2)19(34)39-15-9-7-6-8-10-15/h12-15,20-21,35H,5-11H2,1-4H3,(H,31,36)(H,28,29,30,33)/t14-,20-,21+,23+,24+,41?/m0/s1. The molecule has 0 bridgehead atoms. The molecule has 0 aromatic carbocycles. The van der Waals surface area contributed by atoms with Gasteiger partial charge in [0.15, 0.2) is 23.6 Å². The third-order valence-corrected chi connectivity index (χ3v) is 8.41. The van der Waals surface area contributed by atoms with E-state index in [0.717, 1.165) is 56.6 Å². The second-order valence-electron chi connectivity index (χ2n) is 10.4. The molecule has 1 unspecified atom stereocenters. The fourth-order valence-electron chi connectivity index (χ4n) is 4.89. The van der Waals surface area contributed by atoms with Crippen molar-refractivity contribution in [2.24, 2.45) is 0 Å². The van der Waals surface area contributed by atoms with Crippen molar-refractivity contribution < 1.29 is 46.8 Å². The fraction of sp³-hybridized carbons (Fsp3) is 0.708. The molecule has 17 heteroatoms. The van der Waals surface area contributed by atoms with E-state index >= 15 is 8.78 Å². The number of aliphatic hydroxyl groups is 1. The van der Waals surface area contributed by atoms with E-state index in [4.69, 9.17) is 18.7 Å². The molecule has 3 N–H and O–H groups in total. The Hall–Kier alpha value is -2.78. The predicted octanol–water partition coefficient (Wildman–Crippen LogP) is 2.77. The summed E-state index contributed by atoms with van der Waals surface area (Å²) in [6.07, 6.45) is 1.32. The van der Waals surface area contributed by atoms with Crippen LogP contribution in [0.5, 0.6) is 5.88 Å². The van der Waals surface area contributed by atoms with E-state index < -0.39 is 50.0 Å². The largest absolute Gasteiger partial charge is 0.476 e. The second kappa shape index (κ2) is 12.2.